The first kappa shape index (κ1) is 18.3. The predicted molar refractivity (Wildman–Crippen MR) is 113 cm³/mol. The van der Waals surface area contributed by atoms with Gasteiger partial charge in [0.25, 0.3) is 5.91 Å². The van der Waals surface area contributed by atoms with Crippen molar-refractivity contribution < 1.29 is 9.53 Å². The number of amides is 1. The number of imidazole rings is 1. The maximum Gasteiger partial charge on any atom is 0.254 e. The Morgan fingerprint density at radius 1 is 1.17 bits per heavy atom. The largest absolute Gasteiger partial charge is 0.497 e. The number of carbonyl (C=O) groups is 1. The number of nitrogens with one attached hydrogen (secondary N) is 1. The summed E-state index contributed by atoms with van der Waals surface area (Å²) in [5.74, 6) is 1.40. The Hall–Kier alpha value is -3.74. The summed E-state index contributed by atoms with van der Waals surface area (Å²) in [5.41, 5.74) is 4.11. The Morgan fingerprint density at radius 3 is 3.00 bits per heavy atom. The highest BCUT2D eigenvalue weighted by Crippen LogP contribution is 2.33. The van der Waals surface area contributed by atoms with E-state index < -0.39 is 0 Å². The average Bonchev–Trinajstić information content (AvgIpc) is 3.48. The minimum atomic E-state index is -0.0673. The Kier molecular flexibility index (Phi) is 4.63. The molecule has 1 aliphatic rings. The van der Waals surface area contributed by atoms with Gasteiger partial charge in [0.2, 0.25) is 0 Å². The number of H-pyrrole nitrogens is 1. The Balaban J connectivity index is 1.45. The zero-order valence-corrected chi connectivity index (χ0v) is 16.6. The fourth-order valence-corrected chi connectivity index (χ4v) is 4.01. The molecule has 0 saturated carbocycles. The highest BCUT2D eigenvalue weighted by atomic mass is 16.5. The van der Waals surface area contributed by atoms with E-state index >= 15 is 0 Å². The first-order valence-corrected chi connectivity index (χ1v) is 9.94. The lowest BCUT2D eigenvalue weighted by Gasteiger charge is -2.24. The third kappa shape index (κ3) is 3.28. The molecule has 0 radical (unpaired) electrons. The Bertz CT molecular complexity index is 1220. The number of fused-ring (bicyclic) bond motifs is 1. The van der Waals surface area contributed by atoms with Crippen molar-refractivity contribution in [3.8, 4) is 17.1 Å². The quantitative estimate of drug-likeness (QED) is 0.561. The summed E-state index contributed by atoms with van der Waals surface area (Å²) in [6.07, 6.45) is 5.22. The van der Waals surface area contributed by atoms with Crippen molar-refractivity contribution in [1.29, 1.82) is 0 Å². The molecule has 7 heteroatoms. The van der Waals surface area contributed by atoms with Gasteiger partial charge in [0.05, 0.1) is 36.2 Å². The summed E-state index contributed by atoms with van der Waals surface area (Å²) in [7, 11) is 1.64. The van der Waals surface area contributed by atoms with Crippen LogP contribution in [-0.2, 0) is 0 Å². The minimum absolute atomic E-state index is 0.00976. The number of likely N-dealkylation sites (tertiary alicyclic amines) is 1. The summed E-state index contributed by atoms with van der Waals surface area (Å²) >= 11 is 0. The highest BCUT2D eigenvalue weighted by Gasteiger charge is 2.32. The second kappa shape index (κ2) is 7.59. The van der Waals surface area contributed by atoms with Crippen LogP contribution in [0.4, 0.5) is 0 Å². The van der Waals surface area contributed by atoms with Gasteiger partial charge >= 0.3 is 0 Å². The van der Waals surface area contributed by atoms with E-state index in [2.05, 4.69) is 15.0 Å². The lowest BCUT2D eigenvalue weighted by atomic mass is 10.1. The molecule has 2 aromatic heterocycles. The molecule has 0 aliphatic carbocycles. The van der Waals surface area contributed by atoms with Crippen LogP contribution in [0.1, 0.15) is 34.9 Å². The number of hydrogen-bond acceptors (Lipinski definition) is 5. The van der Waals surface area contributed by atoms with Gasteiger partial charge in [0, 0.05) is 23.9 Å². The van der Waals surface area contributed by atoms with Gasteiger partial charge in [-0.3, -0.25) is 4.79 Å². The number of benzene rings is 2. The van der Waals surface area contributed by atoms with Crippen LogP contribution in [0.3, 0.4) is 0 Å². The third-order valence-electron chi connectivity index (χ3n) is 5.53. The van der Waals surface area contributed by atoms with E-state index in [1.165, 1.54) is 0 Å². The van der Waals surface area contributed by atoms with Gasteiger partial charge in [-0.1, -0.05) is 12.1 Å². The topological polar surface area (TPSA) is 84.0 Å². The van der Waals surface area contributed by atoms with E-state index in [1.54, 1.807) is 19.6 Å². The molecule has 4 aromatic rings. The number of aromatic amines is 1. The Morgan fingerprint density at radius 2 is 2.10 bits per heavy atom. The summed E-state index contributed by atoms with van der Waals surface area (Å²) in [6.45, 7) is 0.711. The minimum Gasteiger partial charge on any atom is -0.497 e. The smallest absolute Gasteiger partial charge is 0.254 e. The maximum atomic E-state index is 13.3. The molecule has 2 aromatic carbocycles. The van der Waals surface area contributed by atoms with Crippen molar-refractivity contribution >= 4 is 16.9 Å². The van der Waals surface area contributed by atoms with E-state index in [9.17, 15) is 4.79 Å². The average molecular weight is 399 g/mol. The molecular formula is C23H21N5O2. The fourth-order valence-electron chi connectivity index (χ4n) is 4.01. The van der Waals surface area contributed by atoms with Gasteiger partial charge in [0.15, 0.2) is 5.82 Å². The summed E-state index contributed by atoms with van der Waals surface area (Å²) < 4.78 is 5.31. The van der Waals surface area contributed by atoms with E-state index in [-0.39, 0.29) is 11.9 Å². The van der Waals surface area contributed by atoms with Gasteiger partial charge in [-0.25, -0.2) is 15.0 Å². The van der Waals surface area contributed by atoms with Crippen molar-refractivity contribution in [3.05, 3.63) is 72.3 Å². The number of methoxy groups -OCH3 is 1. The van der Waals surface area contributed by atoms with Gasteiger partial charge in [-0.05, 0) is 49.2 Å². The standard InChI is InChI=1S/C23H21N5O2/c1-30-17-5-2-4-15(12-17)22-24-10-9-19(27-22)21-6-3-11-28(21)23(29)16-7-8-18-20(13-16)26-14-25-18/h2,4-5,7-10,12-14,21H,3,6,11H2,1H3,(H,25,26). The van der Waals surface area contributed by atoms with Crippen LogP contribution in [-0.4, -0.2) is 44.4 Å². The summed E-state index contributed by atoms with van der Waals surface area (Å²) in [5, 5.41) is 0. The molecule has 1 N–H and O–H groups in total. The summed E-state index contributed by atoms with van der Waals surface area (Å²) in [6, 6.07) is 15.1. The summed E-state index contributed by atoms with van der Waals surface area (Å²) in [4.78, 5) is 31.7. The van der Waals surface area contributed by atoms with Crippen molar-refractivity contribution in [2.24, 2.45) is 0 Å². The van der Waals surface area contributed by atoms with Crippen LogP contribution in [0.2, 0.25) is 0 Å². The SMILES string of the molecule is COc1cccc(-c2nccc(C3CCCN3C(=O)c3ccc4nc[nH]c4c3)n2)c1. The number of ether oxygens (including phenoxy) is 1. The van der Waals surface area contributed by atoms with Crippen LogP contribution in [0.15, 0.2) is 61.1 Å². The molecule has 1 amide bonds. The molecule has 0 bridgehead atoms. The van der Waals surface area contributed by atoms with Crippen LogP contribution < -0.4 is 4.74 Å². The molecule has 1 unspecified atom stereocenters. The van der Waals surface area contributed by atoms with Crippen LogP contribution >= 0.6 is 0 Å². The Labute approximate surface area is 173 Å². The monoisotopic (exact) mass is 399 g/mol. The number of carbonyl (C=O) groups excluding carboxylic acids is 1. The van der Waals surface area contributed by atoms with Crippen molar-refractivity contribution in [2.75, 3.05) is 13.7 Å². The second-order valence-electron chi connectivity index (χ2n) is 7.33. The van der Waals surface area contributed by atoms with Gasteiger partial charge in [0.1, 0.15) is 5.75 Å². The predicted octanol–water partition coefficient (Wildman–Crippen LogP) is 4.01. The second-order valence-corrected chi connectivity index (χ2v) is 7.33. The van der Waals surface area contributed by atoms with Gasteiger partial charge in [-0.15, -0.1) is 0 Å². The van der Waals surface area contributed by atoms with E-state index in [0.29, 0.717) is 17.9 Å². The first-order valence-electron chi connectivity index (χ1n) is 9.94. The van der Waals surface area contributed by atoms with Crippen molar-refractivity contribution in [1.82, 2.24) is 24.8 Å². The molecule has 1 aliphatic heterocycles. The van der Waals surface area contributed by atoms with E-state index in [4.69, 9.17) is 9.72 Å². The number of hydrogen-bond donors (Lipinski definition) is 1. The molecule has 1 saturated heterocycles. The number of rotatable bonds is 4. The molecule has 1 atom stereocenters. The van der Waals surface area contributed by atoms with Gasteiger partial charge in [-0.2, -0.15) is 0 Å². The molecule has 3 heterocycles. The lowest BCUT2D eigenvalue weighted by Crippen LogP contribution is -2.31. The fraction of sp³-hybridized carbons (Fsp3) is 0.217. The highest BCUT2D eigenvalue weighted by molar-refractivity contribution is 5.97. The van der Waals surface area contributed by atoms with Crippen LogP contribution in [0, 0.1) is 0 Å². The third-order valence-corrected chi connectivity index (χ3v) is 5.53. The molecule has 7 nitrogen and oxygen atoms in total. The normalized spacial score (nSPS) is 16.2. The van der Waals surface area contributed by atoms with E-state index in [1.807, 2.05) is 53.4 Å². The number of nitrogens with zero attached hydrogens (tertiary/aromatic N) is 4. The lowest BCUT2D eigenvalue weighted by molar-refractivity contribution is 0.0733. The van der Waals surface area contributed by atoms with Gasteiger partial charge < -0.3 is 14.6 Å². The van der Waals surface area contributed by atoms with Crippen LogP contribution in [0.25, 0.3) is 22.4 Å². The zero-order chi connectivity index (χ0) is 20.5. The van der Waals surface area contributed by atoms with E-state index in [0.717, 1.165) is 40.9 Å². The molecule has 0 spiro atoms. The molecule has 1 fully saturated rings. The molecule has 30 heavy (non-hydrogen) atoms. The van der Waals surface area contributed by atoms with Crippen molar-refractivity contribution in [2.45, 2.75) is 18.9 Å². The molecule has 150 valence electrons. The molecule has 5 rings (SSSR count). The first-order chi connectivity index (χ1) is 14.7. The zero-order valence-electron chi connectivity index (χ0n) is 16.6. The molecular weight excluding hydrogens is 378 g/mol. The maximum absolute atomic E-state index is 13.3. The van der Waals surface area contributed by atoms with Crippen molar-refractivity contribution in [3.63, 3.8) is 0 Å². The van der Waals surface area contributed by atoms with Crippen LogP contribution in [0.5, 0.6) is 5.75 Å². The number of aromatic nitrogens is 4.